The summed E-state index contributed by atoms with van der Waals surface area (Å²) in [5.74, 6) is -0.312. The molecule has 3 aromatic rings. The van der Waals surface area contributed by atoms with Crippen molar-refractivity contribution in [1.29, 1.82) is 0 Å². The van der Waals surface area contributed by atoms with Crippen LogP contribution in [0.25, 0.3) is 0 Å². The second-order valence-electron chi connectivity index (χ2n) is 11.6. The van der Waals surface area contributed by atoms with Gasteiger partial charge in [-0.1, -0.05) is 36.4 Å². The van der Waals surface area contributed by atoms with Crippen molar-refractivity contribution in [3.8, 4) is 0 Å². The average molecular weight is 528 g/mol. The van der Waals surface area contributed by atoms with Gasteiger partial charge in [-0.15, -0.1) is 10.2 Å². The van der Waals surface area contributed by atoms with Gasteiger partial charge in [0.15, 0.2) is 0 Å². The molecule has 2 amide bonds. The first-order chi connectivity index (χ1) is 19.0. The van der Waals surface area contributed by atoms with Crippen molar-refractivity contribution in [2.45, 2.75) is 50.0 Å². The standard InChI is InChI=1S/C30H33N5O4/c1-34-24-17-22(35-18-29(19-35)13-15-38-16-14-29)9-7-20(24)8-10-23(27(34)37)31-25(36)26-32-33-28(39-26)30(11-12-30)21-5-3-2-4-6-21/h2-7,9,17,23H,8,10-16,18-19H2,1H3,(H,31,36)/t23-/m0/s1. The quantitative estimate of drug-likeness (QED) is 0.542. The molecule has 2 aromatic carbocycles. The van der Waals surface area contributed by atoms with E-state index in [-0.39, 0.29) is 17.2 Å². The summed E-state index contributed by atoms with van der Waals surface area (Å²) in [6.45, 7) is 3.76. The van der Waals surface area contributed by atoms with Crippen molar-refractivity contribution in [2.24, 2.45) is 5.41 Å². The fourth-order valence-electron chi connectivity index (χ4n) is 6.49. The molecule has 9 heteroatoms. The van der Waals surface area contributed by atoms with Crippen LogP contribution in [-0.2, 0) is 21.4 Å². The SMILES string of the molecule is CN1C(=O)[C@@H](NC(=O)c2nnc(C3(c4ccccc4)CC3)o2)CCc2ccc(N3CC4(CCOCC4)C3)cc21. The maximum Gasteiger partial charge on any atom is 0.309 e. The number of benzene rings is 2. The van der Waals surface area contributed by atoms with E-state index in [9.17, 15) is 9.59 Å². The molecule has 1 aromatic heterocycles. The molecule has 0 bridgehead atoms. The number of nitrogens with one attached hydrogen (secondary N) is 1. The molecule has 4 aliphatic rings. The van der Waals surface area contributed by atoms with Crippen LogP contribution >= 0.6 is 0 Å². The smallest absolute Gasteiger partial charge is 0.309 e. The highest BCUT2D eigenvalue weighted by atomic mass is 16.5. The summed E-state index contributed by atoms with van der Waals surface area (Å²) >= 11 is 0. The molecule has 1 spiro atoms. The molecular formula is C30H33N5O4. The third-order valence-corrected chi connectivity index (χ3v) is 9.14. The van der Waals surface area contributed by atoms with Crippen LogP contribution < -0.4 is 15.1 Å². The maximum atomic E-state index is 13.5. The Kier molecular flexibility index (Phi) is 5.73. The molecule has 7 rings (SSSR count). The van der Waals surface area contributed by atoms with Gasteiger partial charge in [-0.05, 0) is 61.8 Å². The van der Waals surface area contributed by atoms with Crippen molar-refractivity contribution in [1.82, 2.24) is 15.5 Å². The lowest BCUT2D eigenvalue weighted by atomic mass is 9.73. The summed E-state index contributed by atoms with van der Waals surface area (Å²) in [5, 5.41) is 11.1. The number of hydrogen-bond donors (Lipinski definition) is 1. The predicted molar refractivity (Wildman–Crippen MR) is 145 cm³/mol. The highest BCUT2D eigenvalue weighted by molar-refractivity contribution is 6.02. The number of nitrogens with zero attached hydrogens (tertiary/aromatic N) is 4. The Bertz CT molecular complexity index is 1400. The van der Waals surface area contributed by atoms with Gasteiger partial charge in [-0.3, -0.25) is 9.59 Å². The topological polar surface area (TPSA) is 101 Å². The number of carbonyl (C=O) groups is 2. The van der Waals surface area contributed by atoms with Gasteiger partial charge in [0.2, 0.25) is 11.8 Å². The Morgan fingerprint density at radius 1 is 1.03 bits per heavy atom. The number of amides is 2. The van der Waals surface area contributed by atoms with Crippen LogP contribution in [0.15, 0.2) is 52.9 Å². The van der Waals surface area contributed by atoms with Crippen LogP contribution in [0.2, 0.25) is 0 Å². The summed E-state index contributed by atoms with van der Waals surface area (Å²) in [6, 6.07) is 15.8. The Labute approximate surface area is 227 Å². The van der Waals surface area contributed by atoms with Gasteiger partial charge >= 0.3 is 11.8 Å². The number of likely N-dealkylation sites (N-methyl/N-ethyl adjacent to an activating group) is 1. The van der Waals surface area contributed by atoms with Crippen molar-refractivity contribution < 1.29 is 18.7 Å². The van der Waals surface area contributed by atoms with E-state index in [2.05, 4.69) is 38.6 Å². The van der Waals surface area contributed by atoms with Crippen LogP contribution in [0.3, 0.4) is 0 Å². The molecule has 1 aliphatic carbocycles. The largest absolute Gasteiger partial charge is 0.416 e. The van der Waals surface area contributed by atoms with Crippen LogP contribution in [-0.4, -0.2) is 61.4 Å². The van der Waals surface area contributed by atoms with Gasteiger partial charge in [0, 0.05) is 50.1 Å². The molecule has 4 heterocycles. The lowest BCUT2D eigenvalue weighted by molar-refractivity contribution is -0.120. The molecule has 39 heavy (non-hydrogen) atoms. The fraction of sp³-hybridized carbons (Fsp3) is 0.467. The van der Waals surface area contributed by atoms with Crippen LogP contribution in [0.4, 0.5) is 11.4 Å². The van der Waals surface area contributed by atoms with Crippen molar-refractivity contribution in [2.75, 3.05) is 43.2 Å². The molecule has 3 fully saturated rings. The van der Waals surface area contributed by atoms with E-state index >= 15 is 0 Å². The van der Waals surface area contributed by atoms with Gasteiger partial charge < -0.3 is 24.3 Å². The zero-order valence-corrected chi connectivity index (χ0v) is 22.2. The first kappa shape index (κ1) is 24.3. The Balaban J connectivity index is 1.03. The molecule has 202 valence electrons. The molecule has 0 radical (unpaired) electrons. The number of ether oxygens (including phenoxy) is 1. The number of aromatic nitrogens is 2. The van der Waals surface area contributed by atoms with Crippen LogP contribution in [0.5, 0.6) is 0 Å². The van der Waals surface area contributed by atoms with Crippen LogP contribution in [0, 0.1) is 5.41 Å². The van der Waals surface area contributed by atoms with E-state index in [1.54, 1.807) is 11.9 Å². The van der Waals surface area contributed by atoms with Gasteiger partial charge in [0.25, 0.3) is 0 Å². The summed E-state index contributed by atoms with van der Waals surface area (Å²) < 4.78 is 11.4. The molecular weight excluding hydrogens is 494 g/mol. The summed E-state index contributed by atoms with van der Waals surface area (Å²) in [4.78, 5) is 30.6. The van der Waals surface area contributed by atoms with E-state index in [0.717, 1.165) is 74.5 Å². The lowest BCUT2D eigenvalue weighted by Crippen LogP contribution is -2.58. The minimum Gasteiger partial charge on any atom is -0.416 e. The molecule has 1 atom stereocenters. The minimum atomic E-state index is -0.674. The highest BCUT2D eigenvalue weighted by Crippen LogP contribution is 2.52. The monoisotopic (exact) mass is 527 g/mol. The van der Waals surface area contributed by atoms with E-state index in [0.29, 0.717) is 24.1 Å². The number of carbonyl (C=O) groups excluding carboxylic acids is 2. The summed E-state index contributed by atoms with van der Waals surface area (Å²) in [6.07, 6.45) is 5.22. The third-order valence-electron chi connectivity index (χ3n) is 9.14. The first-order valence-electron chi connectivity index (χ1n) is 13.9. The van der Waals surface area contributed by atoms with E-state index in [1.807, 2.05) is 30.3 Å². The fourth-order valence-corrected chi connectivity index (χ4v) is 6.49. The molecule has 1 N–H and O–H groups in total. The predicted octanol–water partition coefficient (Wildman–Crippen LogP) is 3.47. The third kappa shape index (κ3) is 4.19. The second-order valence-corrected chi connectivity index (χ2v) is 11.6. The molecule has 1 saturated carbocycles. The van der Waals surface area contributed by atoms with Gasteiger partial charge in [0.05, 0.1) is 5.41 Å². The molecule has 2 saturated heterocycles. The van der Waals surface area contributed by atoms with E-state index in [4.69, 9.17) is 9.15 Å². The Morgan fingerprint density at radius 2 is 1.79 bits per heavy atom. The minimum absolute atomic E-state index is 0.105. The molecule has 0 unspecified atom stereocenters. The lowest BCUT2D eigenvalue weighted by Gasteiger charge is -2.53. The van der Waals surface area contributed by atoms with E-state index in [1.165, 1.54) is 0 Å². The molecule has 9 nitrogen and oxygen atoms in total. The Morgan fingerprint density at radius 3 is 2.54 bits per heavy atom. The van der Waals surface area contributed by atoms with E-state index < -0.39 is 11.9 Å². The average Bonchev–Trinajstić information content (AvgIpc) is 3.64. The van der Waals surface area contributed by atoms with Gasteiger partial charge in [-0.25, -0.2) is 0 Å². The summed E-state index contributed by atoms with van der Waals surface area (Å²) in [5.41, 5.74) is 4.31. The van der Waals surface area contributed by atoms with Crippen LogP contribution in [0.1, 0.15) is 59.8 Å². The van der Waals surface area contributed by atoms with Gasteiger partial charge in [-0.2, -0.15) is 0 Å². The molecule has 3 aliphatic heterocycles. The summed E-state index contributed by atoms with van der Waals surface area (Å²) in [7, 11) is 1.78. The highest BCUT2D eigenvalue weighted by Gasteiger charge is 2.51. The van der Waals surface area contributed by atoms with Crippen molar-refractivity contribution >= 4 is 23.2 Å². The number of anilines is 2. The van der Waals surface area contributed by atoms with Crippen molar-refractivity contribution in [3.63, 3.8) is 0 Å². The maximum absolute atomic E-state index is 13.5. The van der Waals surface area contributed by atoms with Gasteiger partial charge in [0.1, 0.15) is 6.04 Å². The number of hydrogen-bond acceptors (Lipinski definition) is 7. The first-order valence-corrected chi connectivity index (χ1v) is 13.9. The van der Waals surface area contributed by atoms with Crippen molar-refractivity contribution in [3.05, 3.63) is 71.4 Å². The number of fused-ring (bicyclic) bond motifs is 1. The normalized spacial score (nSPS) is 23.1. The zero-order valence-electron chi connectivity index (χ0n) is 22.2. The number of aryl methyl sites for hydroxylation is 1. The second kappa shape index (κ2) is 9.19. The Hall–Kier alpha value is -3.72. The number of rotatable bonds is 5. The zero-order chi connectivity index (χ0) is 26.6.